The van der Waals surface area contributed by atoms with E-state index in [2.05, 4.69) is 4.98 Å². The number of pyridine rings is 1. The Bertz CT molecular complexity index is 616. The van der Waals surface area contributed by atoms with Crippen molar-refractivity contribution >= 4 is 28.4 Å². The molecule has 2 rings (SSSR count). The first kappa shape index (κ1) is 14.8. The number of para-hydroxylation sites is 1. The van der Waals surface area contributed by atoms with E-state index in [-0.39, 0.29) is 12.5 Å². The highest BCUT2D eigenvalue weighted by molar-refractivity contribution is 6.35. The van der Waals surface area contributed by atoms with Gasteiger partial charge in [0.1, 0.15) is 5.69 Å². The largest absolute Gasteiger partial charge is 0.396 e. The summed E-state index contributed by atoms with van der Waals surface area (Å²) in [5.74, 6) is -0.159. The molecule has 1 heterocycles. The Morgan fingerprint density at radius 1 is 1.40 bits per heavy atom. The zero-order chi connectivity index (χ0) is 14.5. The van der Waals surface area contributed by atoms with Crippen LogP contribution in [0.15, 0.2) is 30.3 Å². The molecule has 5 heteroatoms. The number of fused-ring (bicyclic) bond motifs is 1. The molecule has 1 N–H and O–H groups in total. The Hall–Kier alpha value is -1.65. The molecule has 0 saturated heterocycles. The van der Waals surface area contributed by atoms with Crippen LogP contribution >= 0.6 is 11.6 Å². The topological polar surface area (TPSA) is 53.4 Å². The summed E-state index contributed by atoms with van der Waals surface area (Å²) in [6.45, 7) is 3.05. The molecule has 0 aliphatic heterocycles. The molecular formula is C15H17ClN2O2. The van der Waals surface area contributed by atoms with Gasteiger partial charge in [-0.2, -0.15) is 0 Å². The Labute approximate surface area is 123 Å². The average molecular weight is 293 g/mol. The molecule has 0 aliphatic carbocycles. The van der Waals surface area contributed by atoms with E-state index in [1.807, 2.05) is 31.2 Å². The van der Waals surface area contributed by atoms with E-state index in [1.165, 1.54) is 0 Å². The zero-order valence-electron chi connectivity index (χ0n) is 11.3. The Morgan fingerprint density at radius 3 is 2.85 bits per heavy atom. The molecule has 0 fully saturated rings. The third kappa shape index (κ3) is 3.08. The average Bonchev–Trinajstić information content (AvgIpc) is 2.47. The fourth-order valence-electron chi connectivity index (χ4n) is 2.07. The minimum Gasteiger partial charge on any atom is -0.396 e. The van der Waals surface area contributed by atoms with Gasteiger partial charge in [0.15, 0.2) is 0 Å². The van der Waals surface area contributed by atoms with Gasteiger partial charge in [-0.3, -0.25) is 4.79 Å². The van der Waals surface area contributed by atoms with Crippen molar-refractivity contribution in [3.63, 3.8) is 0 Å². The molecule has 0 atom stereocenters. The number of nitrogens with zero attached hydrogens (tertiary/aromatic N) is 2. The molecule has 0 radical (unpaired) electrons. The molecule has 0 saturated carbocycles. The number of amides is 1. The molecule has 1 aromatic carbocycles. The maximum Gasteiger partial charge on any atom is 0.272 e. The van der Waals surface area contributed by atoms with Crippen molar-refractivity contribution in [2.45, 2.75) is 13.3 Å². The van der Waals surface area contributed by atoms with Crippen LogP contribution in [0, 0.1) is 0 Å². The summed E-state index contributed by atoms with van der Waals surface area (Å²) in [4.78, 5) is 18.4. The lowest BCUT2D eigenvalue weighted by molar-refractivity contribution is 0.0749. The van der Waals surface area contributed by atoms with Gasteiger partial charge >= 0.3 is 0 Å². The van der Waals surface area contributed by atoms with E-state index in [4.69, 9.17) is 16.7 Å². The lowest BCUT2D eigenvalue weighted by atomic mass is 10.2. The second-order valence-corrected chi connectivity index (χ2v) is 4.88. The Balaban J connectivity index is 2.34. The van der Waals surface area contributed by atoms with E-state index >= 15 is 0 Å². The number of aliphatic hydroxyl groups is 1. The number of carbonyl (C=O) groups is 1. The summed E-state index contributed by atoms with van der Waals surface area (Å²) in [6.07, 6.45) is 0.556. The highest BCUT2D eigenvalue weighted by Gasteiger charge is 2.16. The predicted molar refractivity (Wildman–Crippen MR) is 80.0 cm³/mol. The quantitative estimate of drug-likeness (QED) is 0.922. The monoisotopic (exact) mass is 292 g/mol. The van der Waals surface area contributed by atoms with Crippen molar-refractivity contribution in [2.24, 2.45) is 0 Å². The van der Waals surface area contributed by atoms with Crippen LogP contribution < -0.4 is 0 Å². The van der Waals surface area contributed by atoms with Gasteiger partial charge in [-0.1, -0.05) is 29.8 Å². The fraction of sp³-hybridized carbons (Fsp3) is 0.333. The lowest BCUT2D eigenvalue weighted by Crippen LogP contribution is -2.32. The molecule has 0 aliphatic rings. The number of aliphatic hydroxyl groups excluding tert-OH is 1. The van der Waals surface area contributed by atoms with E-state index in [1.54, 1.807) is 11.0 Å². The number of hydrogen-bond acceptors (Lipinski definition) is 3. The van der Waals surface area contributed by atoms with Crippen molar-refractivity contribution in [1.29, 1.82) is 0 Å². The molecule has 1 aromatic heterocycles. The molecule has 20 heavy (non-hydrogen) atoms. The maximum absolute atomic E-state index is 12.4. The summed E-state index contributed by atoms with van der Waals surface area (Å²) in [5, 5.41) is 10.2. The van der Waals surface area contributed by atoms with Gasteiger partial charge in [-0.15, -0.1) is 0 Å². The van der Waals surface area contributed by atoms with Crippen molar-refractivity contribution in [3.8, 4) is 0 Å². The van der Waals surface area contributed by atoms with Crippen LogP contribution in [-0.2, 0) is 0 Å². The Kier molecular flexibility index (Phi) is 4.93. The van der Waals surface area contributed by atoms with Gasteiger partial charge in [0.2, 0.25) is 0 Å². The van der Waals surface area contributed by atoms with Crippen LogP contribution in [0.2, 0.25) is 5.02 Å². The molecule has 0 bridgehead atoms. The van der Waals surface area contributed by atoms with Crippen LogP contribution in [0.4, 0.5) is 0 Å². The number of carbonyl (C=O) groups excluding carboxylic acids is 1. The molecule has 0 spiro atoms. The highest BCUT2D eigenvalue weighted by atomic mass is 35.5. The molecule has 0 unspecified atom stereocenters. The van der Waals surface area contributed by atoms with E-state index in [0.29, 0.717) is 35.7 Å². The van der Waals surface area contributed by atoms with Crippen LogP contribution in [0.1, 0.15) is 23.8 Å². The normalized spacial score (nSPS) is 10.8. The van der Waals surface area contributed by atoms with E-state index < -0.39 is 0 Å². The summed E-state index contributed by atoms with van der Waals surface area (Å²) in [7, 11) is 0. The summed E-state index contributed by atoms with van der Waals surface area (Å²) < 4.78 is 0. The van der Waals surface area contributed by atoms with Gasteiger partial charge in [0, 0.05) is 25.1 Å². The van der Waals surface area contributed by atoms with Gasteiger partial charge in [-0.05, 0) is 25.5 Å². The van der Waals surface area contributed by atoms with E-state index in [9.17, 15) is 4.79 Å². The highest BCUT2D eigenvalue weighted by Crippen LogP contribution is 2.23. The molecule has 4 nitrogen and oxygen atoms in total. The molecule has 2 aromatic rings. The first-order chi connectivity index (χ1) is 9.67. The van der Waals surface area contributed by atoms with Gasteiger partial charge in [0.25, 0.3) is 5.91 Å². The smallest absolute Gasteiger partial charge is 0.272 e. The van der Waals surface area contributed by atoms with Crippen molar-refractivity contribution in [3.05, 3.63) is 41.0 Å². The van der Waals surface area contributed by atoms with Crippen molar-refractivity contribution < 1.29 is 9.90 Å². The standard InChI is InChI=1S/C15H17ClN2O2/c1-2-18(8-5-9-19)15(20)14-10-12(16)11-6-3-4-7-13(11)17-14/h3-4,6-7,10,19H,2,5,8-9H2,1H3. The molecule has 1 amide bonds. The van der Waals surface area contributed by atoms with Crippen LogP contribution in [0.5, 0.6) is 0 Å². The SMILES string of the molecule is CCN(CCCO)C(=O)c1cc(Cl)c2ccccc2n1. The van der Waals surface area contributed by atoms with Crippen molar-refractivity contribution in [1.82, 2.24) is 9.88 Å². The maximum atomic E-state index is 12.4. The van der Waals surface area contributed by atoms with Crippen LogP contribution in [0.3, 0.4) is 0 Å². The van der Waals surface area contributed by atoms with Crippen LogP contribution in [0.25, 0.3) is 10.9 Å². The summed E-state index contributed by atoms with van der Waals surface area (Å²) >= 11 is 6.21. The molecule has 106 valence electrons. The molecular weight excluding hydrogens is 276 g/mol. The first-order valence-electron chi connectivity index (χ1n) is 6.62. The number of aromatic nitrogens is 1. The number of rotatable bonds is 5. The third-order valence-corrected chi connectivity index (χ3v) is 3.45. The predicted octanol–water partition coefficient (Wildman–Crippen LogP) is 2.73. The minimum absolute atomic E-state index is 0.0652. The second-order valence-electron chi connectivity index (χ2n) is 4.47. The van der Waals surface area contributed by atoms with Crippen molar-refractivity contribution in [2.75, 3.05) is 19.7 Å². The van der Waals surface area contributed by atoms with E-state index in [0.717, 1.165) is 5.39 Å². The number of halogens is 1. The lowest BCUT2D eigenvalue weighted by Gasteiger charge is -2.20. The first-order valence-corrected chi connectivity index (χ1v) is 7.00. The van der Waals surface area contributed by atoms with Crippen LogP contribution in [-0.4, -0.2) is 40.6 Å². The summed E-state index contributed by atoms with van der Waals surface area (Å²) in [6, 6.07) is 9.07. The fourth-order valence-corrected chi connectivity index (χ4v) is 2.33. The second kappa shape index (κ2) is 6.68. The zero-order valence-corrected chi connectivity index (χ0v) is 12.1. The summed E-state index contributed by atoms with van der Waals surface area (Å²) in [5.41, 5.74) is 1.05. The van der Waals surface area contributed by atoms with Gasteiger partial charge < -0.3 is 10.0 Å². The number of benzene rings is 1. The third-order valence-electron chi connectivity index (χ3n) is 3.14. The van der Waals surface area contributed by atoms with Gasteiger partial charge in [0.05, 0.1) is 10.5 Å². The Morgan fingerprint density at radius 2 is 2.15 bits per heavy atom. The van der Waals surface area contributed by atoms with Gasteiger partial charge in [-0.25, -0.2) is 4.98 Å². The number of hydrogen-bond donors (Lipinski definition) is 1. The minimum atomic E-state index is -0.159.